The van der Waals surface area contributed by atoms with Crippen LogP contribution in [-0.2, 0) is 0 Å². The lowest BCUT2D eigenvalue weighted by molar-refractivity contribution is 0.117. The second kappa shape index (κ2) is 6.24. The fraction of sp³-hybridized carbons (Fsp3) is 0.562. The number of nitrogens with one attached hydrogen (secondary N) is 2. The normalized spacial score (nSPS) is 31.5. The number of hydrogen-bond acceptors (Lipinski definition) is 2. The molecule has 2 saturated carbocycles. The van der Waals surface area contributed by atoms with E-state index in [-0.39, 0.29) is 24.2 Å². The molecule has 1 aromatic rings. The topological polar surface area (TPSA) is 61.4 Å². The molecule has 4 nitrogen and oxygen atoms in total. The molecule has 2 unspecified atom stereocenters. The summed E-state index contributed by atoms with van der Waals surface area (Å²) in [6.07, 6.45) is 4.07. The van der Waals surface area contributed by atoms with Crippen LogP contribution in [-0.4, -0.2) is 29.3 Å². The number of aliphatic hydroxyl groups is 1. The standard InChI is InChI=1S/C16H21ClN2O2/c17-11-3-1-10(2-4-11)14-9-15(14)19-16(21)18-12-5-7-13(20)8-6-12/h1-4,12-15,20H,5-9H2,(H2,18,19,21). The van der Waals surface area contributed by atoms with Gasteiger partial charge in [0.1, 0.15) is 0 Å². The Labute approximate surface area is 129 Å². The third kappa shape index (κ3) is 3.89. The van der Waals surface area contributed by atoms with E-state index in [0.29, 0.717) is 5.92 Å². The van der Waals surface area contributed by atoms with E-state index in [1.165, 1.54) is 5.56 Å². The highest BCUT2D eigenvalue weighted by Gasteiger charge is 2.39. The second-order valence-electron chi connectivity index (χ2n) is 6.12. The minimum absolute atomic E-state index is 0.0853. The molecule has 21 heavy (non-hydrogen) atoms. The molecule has 3 N–H and O–H groups in total. The van der Waals surface area contributed by atoms with Gasteiger partial charge in [0.05, 0.1) is 6.10 Å². The maximum Gasteiger partial charge on any atom is 0.315 e. The van der Waals surface area contributed by atoms with Gasteiger partial charge in [-0.2, -0.15) is 0 Å². The largest absolute Gasteiger partial charge is 0.393 e. The van der Waals surface area contributed by atoms with E-state index in [4.69, 9.17) is 11.6 Å². The molecule has 114 valence electrons. The van der Waals surface area contributed by atoms with Crippen LogP contribution in [0.25, 0.3) is 0 Å². The predicted molar refractivity (Wildman–Crippen MR) is 82.5 cm³/mol. The van der Waals surface area contributed by atoms with Gasteiger partial charge in [-0.15, -0.1) is 0 Å². The smallest absolute Gasteiger partial charge is 0.315 e. The molecule has 0 heterocycles. The summed E-state index contributed by atoms with van der Waals surface area (Å²) in [5.41, 5.74) is 1.23. The zero-order valence-electron chi connectivity index (χ0n) is 11.9. The Morgan fingerprint density at radius 1 is 1.10 bits per heavy atom. The Morgan fingerprint density at radius 2 is 1.76 bits per heavy atom. The van der Waals surface area contributed by atoms with Gasteiger partial charge in [-0.3, -0.25) is 0 Å². The van der Waals surface area contributed by atoms with Crippen molar-refractivity contribution in [1.29, 1.82) is 0 Å². The van der Waals surface area contributed by atoms with Crippen LogP contribution in [0.2, 0.25) is 5.02 Å². The van der Waals surface area contributed by atoms with E-state index in [2.05, 4.69) is 10.6 Å². The van der Waals surface area contributed by atoms with Crippen molar-refractivity contribution in [2.24, 2.45) is 0 Å². The molecule has 0 aromatic heterocycles. The lowest BCUT2D eigenvalue weighted by atomic mass is 9.93. The van der Waals surface area contributed by atoms with Crippen LogP contribution in [0.5, 0.6) is 0 Å². The molecular formula is C16H21ClN2O2. The molecule has 2 atom stereocenters. The molecule has 3 rings (SSSR count). The first-order valence-corrected chi connectivity index (χ1v) is 8.00. The molecule has 2 aliphatic carbocycles. The number of rotatable bonds is 3. The average Bonchev–Trinajstić information content (AvgIpc) is 3.21. The number of halogens is 1. The number of benzene rings is 1. The summed E-state index contributed by atoms with van der Waals surface area (Å²) in [5, 5.41) is 16.2. The van der Waals surface area contributed by atoms with Crippen molar-refractivity contribution in [1.82, 2.24) is 10.6 Å². The van der Waals surface area contributed by atoms with E-state index < -0.39 is 0 Å². The molecule has 2 fully saturated rings. The van der Waals surface area contributed by atoms with Crippen molar-refractivity contribution in [3.8, 4) is 0 Å². The molecule has 2 amide bonds. The van der Waals surface area contributed by atoms with Gasteiger partial charge in [-0.1, -0.05) is 23.7 Å². The quantitative estimate of drug-likeness (QED) is 0.804. The number of hydrogen-bond donors (Lipinski definition) is 3. The Balaban J connectivity index is 1.43. The molecule has 0 saturated heterocycles. The molecule has 2 aliphatic rings. The van der Waals surface area contributed by atoms with Gasteiger partial charge in [-0.25, -0.2) is 4.79 Å². The van der Waals surface area contributed by atoms with Crippen LogP contribution >= 0.6 is 11.6 Å². The van der Waals surface area contributed by atoms with Crippen LogP contribution in [0, 0.1) is 0 Å². The van der Waals surface area contributed by atoms with E-state index in [9.17, 15) is 9.90 Å². The summed E-state index contributed by atoms with van der Waals surface area (Å²) in [6.45, 7) is 0. The van der Waals surface area contributed by atoms with Gasteiger partial charge in [-0.05, 0) is 49.8 Å². The first kappa shape index (κ1) is 14.7. The Morgan fingerprint density at radius 3 is 2.43 bits per heavy atom. The van der Waals surface area contributed by atoms with Crippen LogP contribution in [0.4, 0.5) is 4.79 Å². The van der Waals surface area contributed by atoms with Crippen molar-refractivity contribution in [2.45, 2.75) is 56.2 Å². The third-order valence-corrected chi connectivity index (χ3v) is 4.69. The summed E-state index contributed by atoms with van der Waals surface area (Å²) in [7, 11) is 0. The Hall–Kier alpha value is -1.26. The monoisotopic (exact) mass is 308 g/mol. The maximum absolute atomic E-state index is 12.0. The minimum atomic E-state index is -0.191. The summed E-state index contributed by atoms with van der Waals surface area (Å²) in [5.74, 6) is 0.404. The third-order valence-electron chi connectivity index (χ3n) is 4.44. The van der Waals surface area contributed by atoms with Crippen LogP contribution in [0.15, 0.2) is 24.3 Å². The van der Waals surface area contributed by atoms with E-state index in [1.54, 1.807) is 0 Å². The van der Waals surface area contributed by atoms with Gasteiger partial charge in [0.25, 0.3) is 0 Å². The minimum Gasteiger partial charge on any atom is -0.393 e. The number of carbonyl (C=O) groups excluding carboxylic acids is 1. The van der Waals surface area contributed by atoms with E-state index in [0.717, 1.165) is 37.1 Å². The highest BCUT2D eigenvalue weighted by atomic mass is 35.5. The fourth-order valence-corrected chi connectivity index (χ4v) is 3.17. The molecular weight excluding hydrogens is 288 g/mol. The van der Waals surface area contributed by atoms with Crippen molar-refractivity contribution in [3.63, 3.8) is 0 Å². The van der Waals surface area contributed by atoms with Crippen LogP contribution < -0.4 is 10.6 Å². The number of carbonyl (C=O) groups is 1. The molecule has 0 radical (unpaired) electrons. The lowest BCUT2D eigenvalue weighted by Crippen LogP contribution is -2.45. The zero-order valence-corrected chi connectivity index (χ0v) is 12.6. The first-order valence-electron chi connectivity index (χ1n) is 7.62. The fourth-order valence-electron chi connectivity index (χ4n) is 3.05. The SMILES string of the molecule is O=C(NC1CCC(O)CC1)NC1CC1c1ccc(Cl)cc1. The van der Waals surface area contributed by atoms with Crippen molar-refractivity contribution < 1.29 is 9.90 Å². The molecule has 0 spiro atoms. The van der Waals surface area contributed by atoms with Gasteiger partial charge in [0, 0.05) is 23.0 Å². The Kier molecular flexibility index (Phi) is 4.36. The molecule has 1 aromatic carbocycles. The number of amides is 2. The molecule has 5 heteroatoms. The predicted octanol–water partition coefficient (Wildman–Crippen LogP) is 2.80. The summed E-state index contributed by atoms with van der Waals surface area (Å²) >= 11 is 5.88. The first-order chi connectivity index (χ1) is 10.1. The van der Waals surface area contributed by atoms with E-state index >= 15 is 0 Å². The number of aliphatic hydroxyl groups excluding tert-OH is 1. The van der Waals surface area contributed by atoms with Crippen molar-refractivity contribution >= 4 is 17.6 Å². The summed E-state index contributed by atoms with van der Waals surface area (Å²) in [4.78, 5) is 12.0. The van der Waals surface area contributed by atoms with Crippen LogP contribution in [0.3, 0.4) is 0 Å². The van der Waals surface area contributed by atoms with Gasteiger partial charge >= 0.3 is 6.03 Å². The van der Waals surface area contributed by atoms with Crippen molar-refractivity contribution in [3.05, 3.63) is 34.9 Å². The maximum atomic E-state index is 12.0. The van der Waals surface area contributed by atoms with E-state index in [1.807, 2.05) is 24.3 Å². The zero-order chi connectivity index (χ0) is 14.8. The number of urea groups is 1. The molecule has 0 aliphatic heterocycles. The van der Waals surface area contributed by atoms with Gasteiger partial charge < -0.3 is 15.7 Å². The van der Waals surface area contributed by atoms with Gasteiger partial charge in [0.15, 0.2) is 0 Å². The lowest BCUT2D eigenvalue weighted by Gasteiger charge is -2.26. The second-order valence-corrected chi connectivity index (χ2v) is 6.56. The Bertz CT molecular complexity index is 498. The highest BCUT2D eigenvalue weighted by molar-refractivity contribution is 6.30. The molecule has 0 bridgehead atoms. The summed E-state index contributed by atoms with van der Waals surface area (Å²) in [6, 6.07) is 8.16. The van der Waals surface area contributed by atoms with Gasteiger partial charge in [0.2, 0.25) is 0 Å². The van der Waals surface area contributed by atoms with Crippen LogP contribution in [0.1, 0.15) is 43.6 Å². The highest BCUT2D eigenvalue weighted by Crippen LogP contribution is 2.41. The van der Waals surface area contributed by atoms with Crippen molar-refractivity contribution in [2.75, 3.05) is 0 Å². The summed E-state index contributed by atoms with van der Waals surface area (Å²) < 4.78 is 0. The average molecular weight is 309 g/mol.